The minimum atomic E-state index is -1.22. The normalized spacial score (nSPS) is 17.3. The molecule has 1 heterocycles. The third-order valence-electron chi connectivity index (χ3n) is 10.4. The molecule has 56 heavy (non-hydrogen) atoms. The molecule has 0 bridgehead atoms. The first kappa shape index (κ1) is 47.7. The predicted molar refractivity (Wildman–Crippen MR) is 211 cm³/mol. The molecule has 1 aliphatic heterocycles. The van der Waals surface area contributed by atoms with E-state index in [4.69, 9.17) is 19.9 Å². The van der Waals surface area contributed by atoms with Gasteiger partial charge in [0.2, 0.25) is 23.6 Å². The fourth-order valence-corrected chi connectivity index (χ4v) is 6.73. The van der Waals surface area contributed by atoms with Crippen LogP contribution in [0.2, 0.25) is 0 Å². The van der Waals surface area contributed by atoms with Crippen LogP contribution in [0.15, 0.2) is 24.3 Å². The molecule has 0 aliphatic carbocycles. The first-order chi connectivity index (χ1) is 26.3. The molecule has 2 rings (SSSR count). The lowest BCUT2D eigenvalue weighted by molar-refractivity contribution is -0.161. The molecule has 1 saturated heterocycles. The zero-order valence-electron chi connectivity index (χ0n) is 35.1. The maximum absolute atomic E-state index is 14.2. The summed E-state index contributed by atoms with van der Waals surface area (Å²) < 4.78 is 16.4. The number of carbonyl (C=O) groups excluding carboxylic acids is 7. The highest BCUT2D eigenvalue weighted by atomic mass is 16.6. The lowest BCUT2D eigenvalue weighted by Gasteiger charge is -2.34. The van der Waals surface area contributed by atoms with E-state index in [0.717, 1.165) is 12.8 Å². The minimum absolute atomic E-state index is 0.0412. The lowest BCUT2D eigenvalue weighted by atomic mass is 9.93. The Kier molecular flexibility index (Phi) is 19.5. The molecular weight excluding hydrogens is 720 g/mol. The van der Waals surface area contributed by atoms with Crippen molar-refractivity contribution in [1.82, 2.24) is 15.1 Å². The Bertz CT molecular complexity index is 1500. The monoisotopic (exact) mass is 786 g/mol. The second-order valence-corrected chi connectivity index (χ2v) is 16.0. The van der Waals surface area contributed by atoms with E-state index in [9.17, 15) is 33.6 Å². The summed E-state index contributed by atoms with van der Waals surface area (Å²) in [5.74, 6) is -4.63. The van der Waals surface area contributed by atoms with Crippen LogP contribution in [0.3, 0.4) is 0 Å². The molecule has 314 valence electrons. The Morgan fingerprint density at radius 2 is 1.61 bits per heavy atom. The summed E-state index contributed by atoms with van der Waals surface area (Å²) in [6.07, 6.45) is 1.69. The first-order valence-corrected chi connectivity index (χ1v) is 20.0. The van der Waals surface area contributed by atoms with Crippen molar-refractivity contribution in [2.24, 2.45) is 29.4 Å². The fourth-order valence-electron chi connectivity index (χ4n) is 6.73. The van der Waals surface area contributed by atoms with Gasteiger partial charge >= 0.3 is 11.9 Å². The number of esters is 2. The van der Waals surface area contributed by atoms with Gasteiger partial charge in [-0.2, -0.15) is 0 Å². The standard InChI is InChI=1S/C42H66N4O10/c1-11-27(6)14-12-16-36(48)56-38(26(4)5)37(49)29(8)39(50)44-32(22-25(2)3)40(51)46-21-13-15-33(46)41(52)45(9)34(42(53)55-28(7)23-35(43)47)24-30-17-19-31(54-10)20-18-30/h17-20,25-29,32-34,38H,11-16,21-24H2,1-10H3,(H2,43,47)(H,44,50)/t27-,28+,29-,32-,33-,34-,38?/m0/s1. The van der Waals surface area contributed by atoms with Crippen molar-refractivity contribution in [2.75, 3.05) is 20.7 Å². The van der Waals surface area contributed by atoms with Gasteiger partial charge < -0.3 is 35.1 Å². The van der Waals surface area contributed by atoms with Crippen molar-refractivity contribution < 1.29 is 47.8 Å². The summed E-state index contributed by atoms with van der Waals surface area (Å²) in [7, 11) is 3.01. The fraction of sp³-hybridized carbons (Fsp3) is 0.690. The van der Waals surface area contributed by atoms with Gasteiger partial charge in [0.05, 0.1) is 19.4 Å². The van der Waals surface area contributed by atoms with E-state index in [1.165, 1.54) is 37.8 Å². The number of primary amides is 1. The van der Waals surface area contributed by atoms with Crippen molar-refractivity contribution in [3.05, 3.63) is 29.8 Å². The maximum atomic E-state index is 14.2. The summed E-state index contributed by atoms with van der Waals surface area (Å²) in [6.45, 7) is 14.7. The number of amides is 4. The van der Waals surface area contributed by atoms with Gasteiger partial charge in [-0.05, 0) is 75.0 Å². The van der Waals surface area contributed by atoms with Crippen molar-refractivity contribution in [2.45, 2.75) is 144 Å². The molecule has 0 spiro atoms. The summed E-state index contributed by atoms with van der Waals surface area (Å²) in [5, 5.41) is 2.78. The number of Topliss-reactive ketones (excluding diaryl/α,β-unsaturated/α-hetero) is 1. The number of nitrogens with zero attached hydrogens (tertiary/aromatic N) is 2. The summed E-state index contributed by atoms with van der Waals surface area (Å²) >= 11 is 0. The largest absolute Gasteiger partial charge is 0.497 e. The number of ketones is 1. The zero-order chi connectivity index (χ0) is 42.3. The molecule has 0 radical (unpaired) electrons. The number of ether oxygens (including phenoxy) is 3. The number of nitrogens with one attached hydrogen (secondary N) is 1. The molecule has 1 fully saturated rings. The maximum Gasteiger partial charge on any atom is 0.329 e. The minimum Gasteiger partial charge on any atom is -0.497 e. The second kappa shape index (κ2) is 22.9. The number of rotatable bonds is 23. The van der Waals surface area contributed by atoms with E-state index in [-0.39, 0.29) is 44.1 Å². The van der Waals surface area contributed by atoms with Gasteiger partial charge in [0.25, 0.3) is 0 Å². The highest BCUT2D eigenvalue weighted by Crippen LogP contribution is 2.25. The summed E-state index contributed by atoms with van der Waals surface area (Å²) in [5.41, 5.74) is 6.03. The Balaban J connectivity index is 2.27. The third kappa shape index (κ3) is 14.5. The molecule has 1 aromatic rings. The van der Waals surface area contributed by atoms with Gasteiger partial charge in [0.15, 0.2) is 11.9 Å². The van der Waals surface area contributed by atoms with E-state index in [1.54, 1.807) is 38.1 Å². The average molecular weight is 787 g/mol. The van der Waals surface area contributed by atoms with Crippen LogP contribution in [-0.4, -0.2) is 102 Å². The molecule has 0 aromatic heterocycles. The Hall–Kier alpha value is -4.49. The molecule has 1 aliphatic rings. The quantitative estimate of drug-likeness (QED) is 0.119. The highest BCUT2D eigenvalue weighted by molar-refractivity contribution is 6.05. The molecule has 0 saturated carbocycles. The van der Waals surface area contributed by atoms with Crippen LogP contribution in [-0.2, 0) is 49.5 Å². The van der Waals surface area contributed by atoms with E-state index in [2.05, 4.69) is 19.2 Å². The molecule has 3 N–H and O–H groups in total. The molecule has 4 amide bonds. The van der Waals surface area contributed by atoms with Crippen LogP contribution in [0.25, 0.3) is 0 Å². The molecule has 7 atom stereocenters. The van der Waals surface area contributed by atoms with Crippen molar-refractivity contribution in [3.8, 4) is 5.75 Å². The number of benzene rings is 1. The third-order valence-corrected chi connectivity index (χ3v) is 10.4. The van der Waals surface area contributed by atoms with Crippen LogP contribution in [0.1, 0.15) is 112 Å². The van der Waals surface area contributed by atoms with Crippen LogP contribution < -0.4 is 15.8 Å². The van der Waals surface area contributed by atoms with Crippen LogP contribution in [0, 0.1) is 23.7 Å². The van der Waals surface area contributed by atoms with Gasteiger partial charge in [-0.15, -0.1) is 0 Å². The summed E-state index contributed by atoms with van der Waals surface area (Å²) in [6, 6.07) is 3.91. The molecule has 1 unspecified atom stereocenters. The molecule has 14 heteroatoms. The van der Waals surface area contributed by atoms with Gasteiger partial charge in [0, 0.05) is 26.4 Å². The Morgan fingerprint density at radius 3 is 2.16 bits per heavy atom. The first-order valence-electron chi connectivity index (χ1n) is 20.0. The number of hydrogen-bond acceptors (Lipinski definition) is 10. The number of likely N-dealkylation sites (N-methyl/N-ethyl adjacent to an activating group) is 1. The van der Waals surface area contributed by atoms with Crippen molar-refractivity contribution in [3.63, 3.8) is 0 Å². The Morgan fingerprint density at radius 1 is 0.964 bits per heavy atom. The molecular formula is C42H66N4O10. The van der Waals surface area contributed by atoms with Crippen molar-refractivity contribution in [1.29, 1.82) is 0 Å². The zero-order valence-corrected chi connectivity index (χ0v) is 35.1. The average Bonchev–Trinajstić information content (AvgIpc) is 3.63. The Labute approximate surface area is 332 Å². The van der Waals surface area contributed by atoms with Gasteiger partial charge in [0.1, 0.15) is 30.0 Å². The molecule has 14 nitrogen and oxygen atoms in total. The topological polar surface area (TPSA) is 192 Å². The van der Waals surface area contributed by atoms with Gasteiger partial charge in [-0.3, -0.25) is 28.8 Å². The van der Waals surface area contributed by atoms with Crippen molar-refractivity contribution >= 4 is 41.4 Å². The van der Waals surface area contributed by atoms with Crippen LogP contribution in [0.4, 0.5) is 0 Å². The summed E-state index contributed by atoms with van der Waals surface area (Å²) in [4.78, 5) is 96.1. The van der Waals surface area contributed by atoms with E-state index in [0.29, 0.717) is 36.5 Å². The number of hydrogen-bond donors (Lipinski definition) is 2. The number of methoxy groups -OCH3 is 1. The second-order valence-electron chi connectivity index (χ2n) is 16.0. The number of nitrogens with two attached hydrogens (primary N) is 1. The lowest BCUT2D eigenvalue weighted by Crippen LogP contribution is -2.57. The van der Waals surface area contributed by atoms with Crippen LogP contribution in [0.5, 0.6) is 5.75 Å². The van der Waals surface area contributed by atoms with Crippen LogP contribution >= 0.6 is 0 Å². The predicted octanol–water partition coefficient (Wildman–Crippen LogP) is 4.38. The van der Waals surface area contributed by atoms with E-state index < -0.39 is 77.6 Å². The SMILES string of the molecule is CC[C@H](C)CCCC(=O)OC(C(=O)[C@H](C)C(=O)N[C@@H](CC(C)C)C(=O)N1CCC[C@H]1C(=O)N(C)[C@@H](Cc1ccc(OC)cc1)C(=O)O[C@H](C)CC(N)=O)C(C)C. The van der Waals surface area contributed by atoms with Gasteiger partial charge in [-0.25, -0.2) is 4.79 Å². The number of likely N-dealkylation sites (tertiary alicyclic amines) is 1. The molecule has 1 aromatic carbocycles. The van der Waals surface area contributed by atoms with E-state index >= 15 is 0 Å². The highest BCUT2D eigenvalue weighted by Gasteiger charge is 2.43. The number of carbonyl (C=O) groups is 7. The van der Waals surface area contributed by atoms with Gasteiger partial charge in [-0.1, -0.05) is 66.5 Å². The van der Waals surface area contributed by atoms with E-state index in [1.807, 2.05) is 13.8 Å². The smallest absolute Gasteiger partial charge is 0.329 e.